The van der Waals surface area contributed by atoms with Gasteiger partial charge >= 0.3 is 0 Å². The predicted molar refractivity (Wildman–Crippen MR) is 68.6 cm³/mol. The lowest BCUT2D eigenvalue weighted by Crippen LogP contribution is -2.53. The zero-order valence-corrected chi connectivity index (χ0v) is 10.4. The maximum Gasteiger partial charge on any atom is 0.196 e. The molecule has 0 aliphatic carbocycles. The molecule has 0 saturated heterocycles. The van der Waals surface area contributed by atoms with E-state index in [1.165, 1.54) is 12.1 Å². The monoisotopic (exact) mass is 235 g/mol. The second kappa shape index (κ2) is 4.02. The fourth-order valence-electron chi connectivity index (χ4n) is 2.10. The molecule has 0 fully saturated rings. The van der Waals surface area contributed by atoms with E-state index >= 15 is 0 Å². The minimum absolute atomic E-state index is 0.137. The molecule has 0 saturated carbocycles. The van der Waals surface area contributed by atoms with Crippen molar-refractivity contribution in [3.8, 4) is 0 Å². The molecule has 1 aromatic rings. The van der Waals surface area contributed by atoms with E-state index in [9.17, 15) is 4.39 Å². The summed E-state index contributed by atoms with van der Waals surface area (Å²) in [7, 11) is 0. The van der Waals surface area contributed by atoms with Crippen molar-refractivity contribution < 1.29 is 4.39 Å². The van der Waals surface area contributed by atoms with Crippen molar-refractivity contribution in [1.29, 1.82) is 0 Å². The molecule has 0 aromatic heterocycles. The van der Waals surface area contributed by atoms with Gasteiger partial charge in [-0.05, 0) is 37.1 Å². The van der Waals surface area contributed by atoms with Gasteiger partial charge in [0.1, 0.15) is 5.82 Å². The van der Waals surface area contributed by atoms with E-state index in [0.717, 1.165) is 5.69 Å². The lowest BCUT2D eigenvalue weighted by Gasteiger charge is -2.39. The van der Waals surface area contributed by atoms with Crippen LogP contribution < -0.4 is 10.6 Å². The van der Waals surface area contributed by atoms with Gasteiger partial charge in [-0.2, -0.15) is 0 Å². The van der Waals surface area contributed by atoms with E-state index in [-0.39, 0.29) is 11.4 Å². The highest BCUT2D eigenvalue weighted by Gasteiger charge is 2.41. The number of nitrogens with two attached hydrogens (primary N) is 1. The van der Waals surface area contributed by atoms with Crippen molar-refractivity contribution in [1.82, 2.24) is 0 Å². The Morgan fingerprint density at radius 2 is 1.94 bits per heavy atom. The molecule has 1 aromatic carbocycles. The van der Waals surface area contributed by atoms with Crippen LogP contribution in [0.5, 0.6) is 0 Å². The molecule has 17 heavy (non-hydrogen) atoms. The Hall–Kier alpha value is -1.58. The summed E-state index contributed by atoms with van der Waals surface area (Å²) < 4.78 is 12.9. The molecule has 0 radical (unpaired) electrons. The van der Waals surface area contributed by atoms with Gasteiger partial charge in [0.25, 0.3) is 0 Å². The summed E-state index contributed by atoms with van der Waals surface area (Å²) in [6.45, 7) is 7.09. The van der Waals surface area contributed by atoms with Crippen LogP contribution in [-0.4, -0.2) is 18.0 Å². The zero-order chi connectivity index (χ0) is 12.6. The third-order valence-electron chi connectivity index (χ3n) is 3.63. The second-order valence-corrected chi connectivity index (χ2v) is 5.00. The van der Waals surface area contributed by atoms with Crippen LogP contribution in [0.3, 0.4) is 0 Å². The van der Waals surface area contributed by atoms with Gasteiger partial charge in [0.2, 0.25) is 0 Å². The molecule has 3 nitrogen and oxygen atoms in total. The van der Waals surface area contributed by atoms with Crippen LogP contribution >= 0.6 is 0 Å². The van der Waals surface area contributed by atoms with Crippen LogP contribution in [0.1, 0.15) is 20.8 Å². The molecule has 1 aliphatic heterocycles. The van der Waals surface area contributed by atoms with Crippen molar-refractivity contribution in [2.24, 2.45) is 16.6 Å². The highest BCUT2D eigenvalue weighted by Crippen LogP contribution is 2.33. The highest BCUT2D eigenvalue weighted by molar-refractivity contribution is 5.98. The van der Waals surface area contributed by atoms with Crippen molar-refractivity contribution in [3.05, 3.63) is 30.1 Å². The Kier molecular flexibility index (Phi) is 2.81. The number of guanidine groups is 1. The Morgan fingerprint density at radius 1 is 1.35 bits per heavy atom. The molecule has 2 rings (SSSR count). The molecule has 92 valence electrons. The third-order valence-corrected chi connectivity index (χ3v) is 3.63. The van der Waals surface area contributed by atoms with E-state index in [1.54, 1.807) is 12.1 Å². The fraction of sp³-hybridized carbons (Fsp3) is 0.462. The number of nitrogens with zero attached hydrogens (tertiary/aromatic N) is 2. The summed E-state index contributed by atoms with van der Waals surface area (Å²) in [5, 5.41) is 0. The summed E-state index contributed by atoms with van der Waals surface area (Å²) >= 11 is 0. The van der Waals surface area contributed by atoms with E-state index in [0.29, 0.717) is 18.4 Å². The number of hydrogen-bond donors (Lipinski definition) is 1. The van der Waals surface area contributed by atoms with E-state index in [1.807, 2.05) is 4.90 Å². The molecular weight excluding hydrogens is 217 g/mol. The maximum absolute atomic E-state index is 12.9. The van der Waals surface area contributed by atoms with Gasteiger partial charge in [0, 0.05) is 5.69 Å². The molecule has 0 spiro atoms. The van der Waals surface area contributed by atoms with Crippen molar-refractivity contribution in [2.45, 2.75) is 26.3 Å². The normalized spacial score (nSPS) is 24.3. The molecule has 0 amide bonds. The van der Waals surface area contributed by atoms with Crippen LogP contribution in [0.4, 0.5) is 10.1 Å². The van der Waals surface area contributed by atoms with Gasteiger partial charge in [-0.25, -0.2) is 4.39 Å². The van der Waals surface area contributed by atoms with Gasteiger partial charge < -0.3 is 10.6 Å². The van der Waals surface area contributed by atoms with Crippen LogP contribution in [0.25, 0.3) is 0 Å². The van der Waals surface area contributed by atoms with E-state index < -0.39 is 0 Å². The summed E-state index contributed by atoms with van der Waals surface area (Å²) in [4.78, 5) is 6.31. The Balaban J connectivity index is 2.41. The molecule has 1 atom stereocenters. The zero-order valence-electron chi connectivity index (χ0n) is 10.4. The highest BCUT2D eigenvalue weighted by atomic mass is 19.1. The summed E-state index contributed by atoms with van der Waals surface area (Å²) in [6, 6.07) is 6.37. The van der Waals surface area contributed by atoms with Crippen LogP contribution in [0.15, 0.2) is 29.3 Å². The Morgan fingerprint density at radius 3 is 2.47 bits per heavy atom. The number of rotatable bonds is 2. The van der Waals surface area contributed by atoms with Crippen molar-refractivity contribution in [2.75, 3.05) is 11.4 Å². The van der Waals surface area contributed by atoms with Crippen LogP contribution in [0, 0.1) is 11.7 Å². The fourth-order valence-corrected chi connectivity index (χ4v) is 2.10. The number of benzene rings is 1. The average Bonchev–Trinajstić information content (AvgIpc) is 2.58. The van der Waals surface area contributed by atoms with Gasteiger partial charge in [-0.1, -0.05) is 13.8 Å². The lowest BCUT2D eigenvalue weighted by molar-refractivity contribution is 0.366. The molecule has 2 N–H and O–H groups in total. The minimum atomic E-state index is -0.241. The van der Waals surface area contributed by atoms with E-state index in [4.69, 9.17) is 5.73 Å². The standard InChI is InChI=1S/C13H18FN3/c1-9(2)13(3)8-16-12(15)17(13)11-6-4-10(14)5-7-11/h4-7,9H,8H2,1-3H3,(H2,15,16). The number of hydrogen-bond acceptors (Lipinski definition) is 3. The van der Waals surface area contributed by atoms with E-state index in [2.05, 4.69) is 25.8 Å². The third kappa shape index (κ3) is 1.88. The quantitative estimate of drug-likeness (QED) is 0.855. The van der Waals surface area contributed by atoms with Crippen molar-refractivity contribution >= 4 is 11.6 Å². The number of halogens is 1. The molecule has 1 heterocycles. The maximum atomic E-state index is 12.9. The van der Waals surface area contributed by atoms with Crippen LogP contribution in [-0.2, 0) is 0 Å². The first-order valence-corrected chi connectivity index (χ1v) is 5.81. The van der Waals surface area contributed by atoms with Gasteiger partial charge in [-0.3, -0.25) is 4.99 Å². The number of anilines is 1. The summed E-state index contributed by atoms with van der Waals surface area (Å²) in [5.74, 6) is 0.667. The second-order valence-electron chi connectivity index (χ2n) is 5.00. The van der Waals surface area contributed by atoms with Gasteiger partial charge in [0.15, 0.2) is 5.96 Å². The lowest BCUT2D eigenvalue weighted by atomic mass is 9.87. The SMILES string of the molecule is CC(C)C1(C)CN=C(N)N1c1ccc(F)cc1. The average molecular weight is 235 g/mol. The Bertz CT molecular complexity index is 438. The van der Waals surface area contributed by atoms with Gasteiger partial charge in [0.05, 0.1) is 12.1 Å². The topological polar surface area (TPSA) is 41.6 Å². The first-order chi connectivity index (χ1) is 7.95. The molecule has 0 bridgehead atoms. The van der Waals surface area contributed by atoms with Crippen LogP contribution in [0.2, 0.25) is 0 Å². The Labute approximate surface area is 101 Å². The largest absolute Gasteiger partial charge is 0.369 e. The molecule has 1 unspecified atom stereocenters. The summed E-state index contributed by atoms with van der Waals surface area (Å²) in [6.07, 6.45) is 0. The molecule has 4 heteroatoms. The minimum Gasteiger partial charge on any atom is -0.369 e. The predicted octanol–water partition coefficient (Wildman–Crippen LogP) is 2.38. The molecule has 1 aliphatic rings. The summed E-state index contributed by atoms with van der Waals surface area (Å²) in [5.41, 5.74) is 6.70. The first-order valence-electron chi connectivity index (χ1n) is 5.81. The molecular formula is C13H18FN3. The smallest absolute Gasteiger partial charge is 0.196 e. The number of aliphatic imine (C=N–C) groups is 1. The van der Waals surface area contributed by atoms with Gasteiger partial charge in [-0.15, -0.1) is 0 Å². The van der Waals surface area contributed by atoms with Crippen molar-refractivity contribution in [3.63, 3.8) is 0 Å². The first kappa shape index (κ1) is 11.9.